The maximum absolute atomic E-state index is 11.3. The minimum Gasteiger partial charge on any atom is -0.298 e. The molecule has 13 heavy (non-hydrogen) atoms. The number of rotatable bonds is 1. The van der Waals surface area contributed by atoms with Crippen LogP contribution in [-0.2, 0) is 4.79 Å². The monoisotopic (exact) mass is 180 g/mol. The maximum atomic E-state index is 11.3. The van der Waals surface area contributed by atoms with Gasteiger partial charge in [-0.05, 0) is 32.7 Å². The van der Waals surface area contributed by atoms with Gasteiger partial charge in [0.2, 0.25) is 0 Å². The summed E-state index contributed by atoms with van der Waals surface area (Å²) in [5, 5.41) is 0. The fraction of sp³-hybridized carbons (Fsp3) is 0.800. The summed E-state index contributed by atoms with van der Waals surface area (Å²) in [7, 11) is 2.04. The highest BCUT2D eigenvalue weighted by Crippen LogP contribution is 2.32. The van der Waals surface area contributed by atoms with Crippen molar-refractivity contribution in [1.82, 2.24) is 4.90 Å². The highest BCUT2D eigenvalue weighted by Gasteiger charge is 2.40. The molecule has 0 aromatic rings. The summed E-state index contributed by atoms with van der Waals surface area (Å²) in [6.45, 7) is 2.63. The van der Waals surface area contributed by atoms with Gasteiger partial charge in [-0.3, -0.25) is 14.7 Å². The molecule has 2 aliphatic rings. The molecule has 0 bridgehead atoms. The largest absolute Gasteiger partial charge is 0.298 e. The minimum absolute atomic E-state index is 0.138. The summed E-state index contributed by atoms with van der Waals surface area (Å²) < 4.78 is 0. The van der Waals surface area contributed by atoms with E-state index in [2.05, 4.69) is 9.89 Å². The first-order chi connectivity index (χ1) is 6.20. The van der Waals surface area contributed by atoms with Crippen molar-refractivity contribution in [3.8, 4) is 0 Å². The average Bonchev–Trinajstić information content (AvgIpc) is 2.45. The van der Waals surface area contributed by atoms with E-state index >= 15 is 0 Å². The van der Waals surface area contributed by atoms with E-state index in [1.807, 2.05) is 13.3 Å². The van der Waals surface area contributed by atoms with E-state index in [-0.39, 0.29) is 6.04 Å². The zero-order valence-electron chi connectivity index (χ0n) is 8.23. The van der Waals surface area contributed by atoms with Crippen LogP contribution in [0.4, 0.5) is 0 Å². The number of carbonyl (C=O) groups is 1. The van der Waals surface area contributed by atoms with Crippen LogP contribution < -0.4 is 0 Å². The first-order valence-corrected chi connectivity index (χ1v) is 4.92. The van der Waals surface area contributed by atoms with Gasteiger partial charge in [-0.15, -0.1) is 0 Å². The van der Waals surface area contributed by atoms with Crippen molar-refractivity contribution in [1.29, 1.82) is 0 Å². The van der Waals surface area contributed by atoms with Crippen LogP contribution in [0.2, 0.25) is 0 Å². The van der Waals surface area contributed by atoms with Crippen LogP contribution in [0.5, 0.6) is 0 Å². The van der Waals surface area contributed by atoms with Crippen molar-refractivity contribution in [3.63, 3.8) is 0 Å². The van der Waals surface area contributed by atoms with E-state index in [9.17, 15) is 4.79 Å². The highest BCUT2D eigenvalue weighted by atomic mass is 16.1. The lowest BCUT2D eigenvalue weighted by Crippen LogP contribution is -2.39. The molecule has 3 heteroatoms. The number of hydrogen-bond donors (Lipinski definition) is 0. The zero-order valence-corrected chi connectivity index (χ0v) is 8.23. The van der Waals surface area contributed by atoms with Gasteiger partial charge in [0.15, 0.2) is 0 Å². The number of nitrogens with zero attached hydrogens (tertiary/aromatic N) is 2. The number of likely N-dealkylation sites (N-methyl/N-ethyl adjacent to an activating group) is 1. The van der Waals surface area contributed by atoms with Gasteiger partial charge in [-0.1, -0.05) is 0 Å². The molecular weight excluding hydrogens is 164 g/mol. The molecule has 0 amide bonds. The topological polar surface area (TPSA) is 32.7 Å². The van der Waals surface area contributed by atoms with Gasteiger partial charge in [0.25, 0.3) is 0 Å². The molecule has 2 rings (SSSR count). The fourth-order valence-electron chi connectivity index (χ4n) is 2.52. The number of carbonyl (C=O) groups excluding carboxylic acids is 1. The first kappa shape index (κ1) is 8.88. The molecule has 3 atom stereocenters. The van der Waals surface area contributed by atoms with Crippen LogP contribution in [-0.4, -0.2) is 42.6 Å². The molecule has 2 aliphatic heterocycles. The minimum atomic E-state index is 0.138. The van der Waals surface area contributed by atoms with Crippen LogP contribution in [0.15, 0.2) is 4.99 Å². The van der Waals surface area contributed by atoms with Gasteiger partial charge >= 0.3 is 0 Å². The lowest BCUT2D eigenvalue weighted by Gasteiger charge is -2.25. The Bertz CT molecular complexity index is 249. The molecule has 0 saturated carbocycles. The van der Waals surface area contributed by atoms with Crippen LogP contribution in [0.25, 0.3) is 0 Å². The van der Waals surface area contributed by atoms with Crippen LogP contribution in [0, 0.1) is 5.92 Å². The van der Waals surface area contributed by atoms with E-state index in [4.69, 9.17) is 0 Å². The number of hydrogen-bond acceptors (Lipinski definition) is 3. The molecule has 0 aromatic carbocycles. The Morgan fingerprint density at radius 2 is 2.38 bits per heavy atom. The Morgan fingerprint density at radius 3 is 3.00 bits per heavy atom. The number of aliphatic imine (C=N–C) groups is 1. The summed E-state index contributed by atoms with van der Waals surface area (Å²) in [5.74, 6) is 0.960. The van der Waals surface area contributed by atoms with Crippen LogP contribution in [0.1, 0.15) is 19.8 Å². The summed E-state index contributed by atoms with van der Waals surface area (Å²) >= 11 is 0. The Balaban J connectivity index is 2.16. The Labute approximate surface area is 78.8 Å². The van der Waals surface area contributed by atoms with Crippen molar-refractivity contribution >= 4 is 12.0 Å². The normalized spacial score (nSPS) is 39.1. The quantitative estimate of drug-likeness (QED) is 0.596. The molecule has 3 nitrogen and oxygen atoms in total. The van der Waals surface area contributed by atoms with E-state index in [0.29, 0.717) is 17.7 Å². The molecule has 1 saturated heterocycles. The second-order valence-corrected chi connectivity index (χ2v) is 4.12. The van der Waals surface area contributed by atoms with Gasteiger partial charge in [-0.2, -0.15) is 0 Å². The first-order valence-electron chi connectivity index (χ1n) is 4.92. The molecule has 0 aromatic heterocycles. The molecular formula is C10H16N2O. The summed E-state index contributed by atoms with van der Waals surface area (Å²) in [6.07, 6.45) is 4.20. The Morgan fingerprint density at radius 1 is 1.62 bits per heavy atom. The van der Waals surface area contributed by atoms with Crippen molar-refractivity contribution in [2.75, 3.05) is 13.6 Å². The average molecular weight is 180 g/mol. The van der Waals surface area contributed by atoms with Gasteiger partial charge in [-0.25, -0.2) is 0 Å². The van der Waals surface area contributed by atoms with E-state index in [1.54, 1.807) is 6.92 Å². The second-order valence-electron chi connectivity index (χ2n) is 4.12. The number of fused-ring (bicyclic) bond motifs is 1. The maximum Gasteiger partial charge on any atom is 0.146 e. The summed E-state index contributed by atoms with van der Waals surface area (Å²) in [4.78, 5) is 17.8. The molecule has 1 fully saturated rings. The fourth-order valence-corrected chi connectivity index (χ4v) is 2.52. The predicted octanol–water partition coefficient (Wildman–Crippen LogP) is 0.739. The van der Waals surface area contributed by atoms with Crippen LogP contribution >= 0.6 is 0 Å². The van der Waals surface area contributed by atoms with Crippen molar-refractivity contribution in [3.05, 3.63) is 0 Å². The standard InChI is InChI=1S/C10H16N2O/c1-7(13)9-5-8-3-4-11-6-10(8)12(9)2/h6,8-10H,3-5H2,1-2H3. The third-order valence-electron chi connectivity index (χ3n) is 3.33. The van der Waals surface area contributed by atoms with Crippen molar-refractivity contribution in [2.45, 2.75) is 31.8 Å². The van der Waals surface area contributed by atoms with Gasteiger partial charge in [0.1, 0.15) is 5.78 Å². The van der Waals surface area contributed by atoms with E-state index in [0.717, 1.165) is 19.4 Å². The van der Waals surface area contributed by atoms with Gasteiger partial charge in [0.05, 0.1) is 6.04 Å². The van der Waals surface area contributed by atoms with Crippen LogP contribution in [0.3, 0.4) is 0 Å². The molecule has 0 aliphatic carbocycles. The Kier molecular flexibility index (Phi) is 2.20. The number of ketones is 1. The van der Waals surface area contributed by atoms with E-state index in [1.165, 1.54) is 0 Å². The summed E-state index contributed by atoms with van der Waals surface area (Å²) in [6, 6.07) is 0.558. The smallest absolute Gasteiger partial charge is 0.146 e. The zero-order chi connectivity index (χ0) is 9.42. The lowest BCUT2D eigenvalue weighted by atomic mass is 9.93. The molecule has 2 heterocycles. The number of likely N-dealkylation sites (tertiary alicyclic amines) is 1. The van der Waals surface area contributed by atoms with Crippen molar-refractivity contribution < 1.29 is 4.79 Å². The predicted molar refractivity (Wildman–Crippen MR) is 52.1 cm³/mol. The molecule has 0 radical (unpaired) electrons. The van der Waals surface area contributed by atoms with E-state index < -0.39 is 0 Å². The third-order valence-corrected chi connectivity index (χ3v) is 3.33. The van der Waals surface area contributed by atoms with Crippen molar-refractivity contribution in [2.24, 2.45) is 10.9 Å². The molecule has 0 N–H and O–H groups in total. The van der Waals surface area contributed by atoms with Gasteiger partial charge < -0.3 is 0 Å². The second kappa shape index (κ2) is 3.22. The third kappa shape index (κ3) is 1.41. The summed E-state index contributed by atoms with van der Waals surface area (Å²) in [5.41, 5.74) is 0. The molecule has 3 unspecified atom stereocenters. The Hall–Kier alpha value is -0.700. The lowest BCUT2D eigenvalue weighted by molar-refractivity contribution is -0.120. The van der Waals surface area contributed by atoms with Gasteiger partial charge in [0, 0.05) is 18.8 Å². The highest BCUT2D eigenvalue weighted by molar-refractivity contribution is 5.83. The molecule has 0 spiro atoms. The number of Topliss-reactive ketones (excluding diaryl/α,β-unsaturated/α-hetero) is 1. The SMILES string of the molecule is CC(=O)C1CC2CCN=CC2N1C. The molecule has 72 valence electrons.